The van der Waals surface area contributed by atoms with Crippen molar-refractivity contribution in [3.05, 3.63) is 0 Å². The van der Waals surface area contributed by atoms with Crippen molar-refractivity contribution in [2.45, 2.75) is 18.9 Å². The Bertz CT molecular complexity index is 257. The highest BCUT2D eigenvalue weighted by Gasteiger charge is 2.20. The summed E-state index contributed by atoms with van der Waals surface area (Å²) in [4.78, 5) is 24.4. The molecule has 1 unspecified atom stereocenters. The summed E-state index contributed by atoms with van der Waals surface area (Å²) in [5, 5.41) is 7.82. The van der Waals surface area contributed by atoms with Crippen LogP contribution in [0.3, 0.4) is 0 Å². The summed E-state index contributed by atoms with van der Waals surface area (Å²) in [6.45, 7) is 2.06. The minimum atomic E-state index is -0.452. The number of carbonyl (C=O) groups is 2. The van der Waals surface area contributed by atoms with Crippen LogP contribution in [-0.4, -0.2) is 56.6 Å². The molecule has 16 heavy (non-hydrogen) atoms. The summed E-state index contributed by atoms with van der Waals surface area (Å²) in [6, 6.07) is -0.00581. The number of urea groups is 1. The lowest BCUT2D eigenvalue weighted by Crippen LogP contribution is -2.49. The van der Waals surface area contributed by atoms with Crippen LogP contribution >= 0.6 is 0 Å². The van der Waals surface area contributed by atoms with Gasteiger partial charge in [0.05, 0.1) is 6.54 Å². The molecule has 0 spiro atoms. The summed E-state index contributed by atoms with van der Waals surface area (Å²) in [5.41, 5.74) is 0. The first kappa shape index (κ1) is 12.9. The highest BCUT2D eigenvalue weighted by molar-refractivity contribution is 5.95. The number of imide groups is 1. The Kier molecular flexibility index (Phi) is 5.21. The minimum Gasteiger partial charge on any atom is -0.341 e. The van der Waals surface area contributed by atoms with Crippen molar-refractivity contribution in [3.8, 4) is 0 Å². The zero-order chi connectivity index (χ0) is 12.0. The Morgan fingerprint density at radius 2 is 2.12 bits per heavy atom. The van der Waals surface area contributed by atoms with E-state index in [0.717, 1.165) is 25.9 Å². The molecule has 92 valence electrons. The van der Waals surface area contributed by atoms with E-state index < -0.39 is 6.03 Å². The van der Waals surface area contributed by atoms with E-state index in [2.05, 4.69) is 20.9 Å². The third-order valence-electron chi connectivity index (χ3n) is 2.76. The maximum Gasteiger partial charge on any atom is 0.321 e. The maximum absolute atomic E-state index is 11.4. The second-order valence-corrected chi connectivity index (χ2v) is 3.99. The molecule has 0 bridgehead atoms. The Hall–Kier alpha value is -1.14. The molecular formula is C10H20N4O2. The standard InChI is InChI=1S/C10H20N4O2/c1-11-8-4-3-5-14(6-8)7-9(15)13-10(16)12-2/h8,11H,3-7H2,1-2H3,(H2,12,13,15,16). The van der Waals surface area contributed by atoms with Crippen molar-refractivity contribution >= 4 is 11.9 Å². The smallest absolute Gasteiger partial charge is 0.321 e. The van der Waals surface area contributed by atoms with Crippen molar-refractivity contribution < 1.29 is 9.59 Å². The molecule has 0 aromatic carbocycles. The largest absolute Gasteiger partial charge is 0.341 e. The predicted octanol–water partition coefficient (Wildman–Crippen LogP) is -0.874. The molecule has 0 aromatic heterocycles. The van der Waals surface area contributed by atoms with E-state index in [9.17, 15) is 9.59 Å². The summed E-state index contributed by atoms with van der Waals surface area (Å²) in [5.74, 6) is -0.254. The van der Waals surface area contributed by atoms with Gasteiger partial charge in [-0.3, -0.25) is 15.0 Å². The third kappa shape index (κ3) is 4.16. The number of carbonyl (C=O) groups excluding carboxylic acids is 2. The molecule has 1 fully saturated rings. The van der Waals surface area contributed by atoms with E-state index in [4.69, 9.17) is 0 Å². The molecule has 0 aromatic rings. The molecule has 1 heterocycles. The van der Waals surface area contributed by atoms with E-state index in [0.29, 0.717) is 6.04 Å². The first-order chi connectivity index (χ1) is 7.65. The Labute approximate surface area is 95.8 Å². The number of hydrogen-bond acceptors (Lipinski definition) is 4. The van der Waals surface area contributed by atoms with Crippen LogP contribution in [0.1, 0.15) is 12.8 Å². The molecule has 6 heteroatoms. The fourth-order valence-electron chi connectivity index (χ4n) is 1.87. The fraction of sp³-hybridized carbons (Fsp3) is 0.800. The number of nitrogens with zero attached hydrogens (tertiary/aromatic N) is 1. The van der Waals surface area contributed by atoms with E-state index in [1.807, 2.05) is 7.05 Å². The normalized spacial score (nSPS) is 21.5. The average Bonchev–Trinajstić information content (AvgIpc) is 2.28. The molecule has 1 atom stereocenters. The minimum absolute atomic E-state index is 0.254. The van der Waals surface area contributed by atoms with Crippen molar-refractivity contribution in [1.82, 2.24) is 20.9 Å². The van der Waals surface area contributed by atoms with Crippen LogP contribution in [0.4, 0.5) is 4.79 Å². The van der Waals surface area contributed by atoms with Gasteiger partial charge in [-0.1, -0.05) is 0 Å². The molecular weight excluding hydrogens is 208 g/mol. The molecule has 3 N–H and O–H groups in total. The molecule has 0 saturated carbocycles. The number of piperidine rings is 1. The lowest BCUT2D eigenvalue weighted by Gasteiger charge is -2.31. The van der Waals surface area contributed by atoms with Crippen LogP contribution < -0.4 is 16.0 Å². The van der Waals surface area contributed by atoms with Crippen LogP contribution in [-0.2, 0) is 4.79 Å². The van der Waals surface area contributed by atoms with E-state index in [1.165, 1.54) is 7.05 Å². The Morgan fingerprint density at radius 3 is 2.75 bits per heavy atom. The van der Waals surface area contributed by atoms with Crippen LogP contribution in [0, 0.1) is 0 Å². The van der Waals surface area contributed by atoms with Crippen LogP contribution in [0.5, 0.6) is 0 Å². The molecule has 1 rings (SSSR count). The number of likely N-dealkylation sites (N-methyl/N-ethyl adjacent to an activating group) is 1. The second kappa shape index (κ2) is 6.44. The zero-order valence-electron chi connectivity index (χ0n) is 9.88. The third-order valence-corrected chi connectivity index (χ3v) is 2.76. The van der Waals surface area contributed by atoms with Gasteiger partial charge >= 0.3 is 6.03 Å². The lowest BCUT2D eigenvalue weighted by atomic mass is 10.1. The lowest BCUT2D eigenvalue weighted by molar-refractivity contribution is -0.121. The van der Waals surface area contributed by atoms with Crippen molar-refractivity contribution in [2.24, 2.45) is 0 Å². The molecule has 1 aliphatic rings. The van der Waals surface area contributed by atoms with Crippen molar-refractivity contribution in [2.75, 3.05) is 33.7 Å². The van der Waals surface area contributed by atoms with Gasteiger partial charge in [0.25, 0.3) is 0 Å². The molecule has 1 aliphatic heterocycles. The number of rotatable bonds is 3. The summed E-state index contributed by atoms with van der Waals surface area (Å²) < 4.78 is 0. The number of hydrogen-bond donors (Lipinski definition) is 3. The molecule has 3 amide bonds. The van der Waals surface area contributed by atoms with Gasteiger partial charge in [0.2, 0.25) is 5.91 Å². The van der Waals surface area contributed by atoms with E-state index in [1.54, 1.807) is 0 Å². The zero-order valence-corrected chi connectivity index (χ0v) is 9.88. The maximum atomic E-state index is 11.4. The van der Waals surface area contributed by atoms with Gasteiger partial charge in [-0.15, -0.1) is 0 Å². The molecule has 6 nitrogen and oxygen atoms in total. The van der Waals surface area contributed by atoms with Crippen molar-refractivity contribution in [3.63, 3.8) is 0 Å². The molecule has 1 saturated heterocycles. The topological polar surface area (TPSA) is 73.5 Å². The number of nitrogens with one attached hydrogen (secondary N) is 3. The van der Waals surface area contributed by atoms with Gasteiger partial charge in [0.15, 0.2) is 0 Å². The highest BCUT2D eigenvalue weighted by Crippen LogP contribution is 2.08. The summed E-state index contributed by atoms with van der Waals surface area (Å²) >= 11 is 0. The van der Waals surface area contributed by atoms with Crippen molar-refractivity contribution in [1.29, 1.82) is 0 Å². The van der Waals surface area contributed by atoms with Gasteiger partial charge < -0.3 is 10.6 Å². The van der Waals surface area contributed by atoms with Crippen LogP contribution in [0.15, 0.2) is 0 Å². The molecule has 0 radical (unpaired) electrons. The monoisotopic (exact) mass is 228 g/mol. The first-order valence-corrected chi connectivity index (χ1v) is 5.57. The van der Waals surface area contributed by atoms with Gasteiger partial charge in [-0.25, -0.2) is 4.79 Å². The SMILES string of the molecule is CNC(=O)NC(=O)CN1CCCC(NC)C1. The Balaban J connectivity index is 2.30. The van der Waals surface area contributed by atoms with Crippen LogP contribution in [0.2, 0.25) is 0 Å². The quantitative estimate of drug-likeness (QED) is 0.587. The highest BCUT2D eigenvalue weighted by atomic mass is 16.2. The van der Waals surface area contributed by atoms with Gasteiger partial charge in [0, 0.05) is 19.6 Å². The predicted molar refractivity (Wildman–Crippen MR) is 61.1 cm³/mol. The van der Waals surface area contributed by atoms with E-state index >= 15 is 0 Å². The first-order valence-electron chi connectivity index (χ1n) is 5.57. The fourth-order valence-corrected chi connectivity index (χ4v) is 1.87. The Morgan fingerprint density at radius 1 is 1.38 bits per heavy atom. The molecule has 0 aliphatic carbocycles. The number of likely N-dealkylation sites (tertiary alicyclic amines) is 1. The number of amides is 3. The second-order valence-electron chi connectivity index (χ2n) is 3.99. The van der Waals surface area contributed by atoms with Gasteiger partial charge in [0.1, 0.15) is 0 Å². The van der Waals surface area contributed by atoms with Crippen LogP contribution in [0.25, 0.3) is 0 Å². The van der Waals surface area contributed by atoms with E-state index in [-0.39, 0.29) is 12.5 Å². The summed E-state index contributed by atoms with van der Waals surface area (Å²) in [6.07, 6.45) is 2.23. The summed E-state index contributed by atoms with van der Waals surface area (Å²) in [7, 11) is 3.42. The average molecular weight is 228 g/mol. The van der Waals surface area contributed by atoms with Gasteiger partial charge in [-0.05, 0) is 26.4 Å². The van der Waals surface area contributed by atoms with Gasteiger partial charge in [-0.2, -0.15) is 0 Å².